The highest BCUT2D eigenvalue weighted by molar-refractivity contribution is 7.89. The number of imidazole rings is 1. The molecule has 0 bridgehead atoms. The van der Waals surface area contributed by atoms with Gasteiger partial charge < -0.3 is 9.30 Å². The number of Topliss-reactive ketones (excluding diaryl/α,β-unsaturated/α-hetero) is 1. The van der Waals surface area contributed by atoms with Crippen molar-refractivity contribution in [1.29, 1.82) is 0 Å². The van der Waals surface area contributed by atoms with Crippen molar-refractivity contribution >= 4 is 26.8 Å². The molecule has 2 aromatic carbocycles. The average Bonchev–Trinajstić information content (AvgIpc) is 3.23. The number of rotatable bonds is 6. The van der Waals surface area contributed by atoms with Crippen LogP contribution in [-0.2, 0) is 21.3 Å². The first kappa shape index (κ1) is 21.4. The summed E-state index contributed by atoms with van der Waals surface area (Å²) in [6.07, 6.45) is 3.39. The molecule has 4 aromatic rings. The number of para-hydroxylation sites is 2. The van der Waals surface area contributed by atoms with E-state index in [0.29, 0.717) is 37.7 Å². The Bertz CT molecular complexity index is 1410. The van der Waals surface area contributed by atoms with E-state index < -0.39 is 10.0 Å². The number of morpholine rings is 1. The Morgan fingerprint density at radius 2 is 1.82 bits per heavy atom. The Kier molecular flexibility index (Phi) is 5.76. The largest absolute Gasteiger partial charge is 0.379 e. The lowest BCUT2D eigenvalue weighted by molar-refractivity contribution is 0.0730. The smallest absolute Gasteiger partial charge is 0.243 e. The maximum atomic E-state index is 13.3. The molecule has 1 saturated heterocycles. The van der Waals surface area contributed by atoms with Crippen molar-refractivity contribution in [2.24, 2.45) is 0 Å². The van der Waals surface area contributed by atoms with Gasteiger partial charge in [-0.1, -0.05) is 24.3 Å². The van der Waals surface area contributed by atoms with Gasteiger partial charge in [-0.2, -0.15) is 4.31 Å². The van der Waals surface area contributed by atoms with Crippen LogP contribution in [0.5, 0.6) is 0 Å². The summed E-state index contributed by atoms with van der Waals surface area (Å²) in [5.41, 5.74) is 2.72. The van der Waals surface area contributed by atoms with Crippen molar-refractivity contribution in [3.63, 3.8) is 0 Å². The number of hydrogen-bond acceptors (Lipinski definition) is 6. The van der Waals surface area contributed by atoms with Crippen molar-refractivity contribution < 1.29 is 17.9 Å². The number of carbonyl (C=O) groups is 1. The second kappa shape index (κ2) is 8.86. The minimum absolute atomic E-state index is 0.0196. The summed E-state index contributed by atoms with van der Waals surface area (Å²) in [5, 5.41) is 0. The van der Waals surface area contributed by atoms with Gasteiger partial charge in [-0.3, -0.25) is 9.78 Å². The predicted molar refractivity (Wildman–Crippen MR) is 123 cm³/mol. The van der Waals surface area contributed by atoms with Gasteiger partial charge in [0, 0.05) is 36.6 Å². The van der Waals surface area contributed by atoms with Crippen LogP contribution in [0, 0.1) is 0 Å². The molecule has 2 aromatic heterocycles. The number of benzene rings is 2. The van der Waals surface area contributed by atoms with Crippen molar-refractivity contribution in [3.05, 3.63) is 78.6 Å². The first-order valence-corrected chi connectivity index (χ1v) is 12.0. The molecule has 0 unspecified atom stereocenters. The third-order valence-electron chi connectivity index (χ3n) is 5.64. The summed E-state index contributed by atoms with van der Waals surface area (Å²) in [6, 6.07) is 17.5. The lowest BCUT2D eigenvalue weighted by Crippen LogP contribution is -2.40. The van der Waals surface area contributed by atoms with Gasteiger partial charge in [0.15, 0.2) is 5.78 Å². The second-order valence-corrected chi connectivity index (χ2v) is 9.66. The number of sulfonamides is 1. The molecule has 33 heavy (non-hydrogen) atoms. The molecule has 0 saturated carbocycles. The van der Waals surface area contributed by atoms with E-state index in [1.165, 1.54) is 16.4 Å². The van der Waals surface area contributed by atoms with E-state index in [1.807, 2.05) is 41.0 Å². The molecule has 168 valence electrons. The van der Waals surface area contributed by atoms with E-state index in [4.69, 9.17) is 9.72 Å². The van der Waals surface area contributed by atoms with Crippen molar-refractivity contribution in [2.45, 2.75) is 11.4 Å². The fourth-order valence-electron chi connectivity index (χ4n) is 3.95. The lowest BCUT2D eigenvalue weighted by Gasteiger charge is -2.26. The van der Waals surface area contributed by atoms with Crippen LogP contribution in [0.1, 0.15) is 10.4 Å². The highest BCUT2D eigenvalue weighted by Crippen LogP contribution is 2.25. The topological polar surface area (TPSA) is 94.4 Å². The fourth-order valence-corrected chi connectivity index (χ4v) is 5.41. The number of carbonyl (C=O) groups excluding carboxylic acids is 1. The summed E-state index contributed by atoms with van der Waals surface area (Å²) in [4.78, 5) is 22.3. The number of pyridine rings is 1. The predicted octanol–water partition coefficient (Wildman–Crippen LogP) is 3.00. The van der Waals surface area contributed by atoms with Crippen LogP contribution in [0.15, 0.2) is 78.0 Å². The van der Waals surface area contributed by atoms with Crippen LogP contribution in [-0.4, -0.2) is 59.3 Å². The third kappa shape index (κ3) is 4.18. The maximum absolute atomic E-state index is 13.3. The summed E-state index contributed by atoms with van der Waals surface area (Å²) in [5.74, 6) is 0.428. The van der Waals surface area contributed by atoms with E-state index in [-0.39, 0.29) is 17.2 Å². The summed E-state index contributed by atoms with van der Waals surface area (Å²) >= 11 is 0. The summed E-state index contributed by atoms with van der Waals surface area (Å²) in [7, 11) is -3.69. The van der Waals surface area contributed by atoms with Crippen LogP contribution >= 0.6 is 0 Å². The Balaban J connectivity index is 1.49. The van der Waals surface area contributed by atoms with Crippen molar-refractivity contribution in [3.8, 4) is 11.4 Å². The van der Waals surface area contributed by atoms with Crippen LogP contribution < -0.4 is 0 Å². The Morgan fingerprint density at radius 1 is 1.00 bits per heavy atom. The Labute approximate surface area is 191 Å². The zero-order chi connectivity index (χ0) is 22.8. The van der Waals surface area contributed by atoms with Gasteiger partial charge in [0.1, 0.15) is 5.82 Å². The van der Waals surface area contributed by atoms with Crippen molar-refractivity contribution in [1.82, 2.24) is 18.8 Å². The molecule has 1 fully saturated rings. The second-order valence-electron chi connectivity index (χ2n) is 7.72. The zero-order valence-corrected chi connectivity index (χ0v) is 18.6. The van der Waals surface area contributed by atoms with Gasteiger partial charge in [-0.05, 0) is 36.4 Å². The monoisotopic (exact) mass is 462 g/mol. The summed E-state index contributed by atoms with van der Waals surface area (Å²) in [6.45, 7) is 1.35. The molecule has 1 aliphatic heterocycles. The van der Waals surface area contributed by atoms with Crippen LogP contribution in [0.25, 0.3) is 22.4 Å². The molecular formula is C24H22N4O4S. The molecule has 0 N–H and O–H groups in total. The SMILES string of the molecule is O=C(Cn1c(-c2cccnc2)nc2ccccc21)c1cccc(S(=O)(=O)N2CCOCC2)c1. The molecule has 0 radical (unpaired) electrons. The normalized spacial score (nSPS) is 15.0. The van der Waals surface area contributed by atoms with Gasteiger partial charge in [0.05, 0.1) is 35.7 Å². The first-order valence-electron chi connectivity index (χ1n) is 10.6. The first-order chi connectivity index (χ1) is 16.0. The quantitative estimate of drug-likeness (QED) is 0.409. The number of ether oxygens (including phenoxy) is 1. The minimum atomic E-state index is -3.69. The number of fused-ring (bicyclic) bond motifs is 1. The highest BCUT2D eigenvalue weighted by atomic mass is 32.2. The van der Waals surface area contributed by atoms with E-state index in [2.05, 4.69) is 4.98 Å². The van der Waals surface area contributed by atoms with Crippen LogP contribution in [0.3, 0.4) is 0 Å². The Morgan fingerprint density at radius 3 is 2.61 bits per heavy atom. The van der Waals surface area contributed by atoms with Crippen LogP contribution in [0.2, 0.25) is 0 Å². The number of ketones is 1. The fraction of sp³-hybridized carbons (Fsp3) is 0.208. The third-order valence-corrected chi connectivity index (χ3v) is 7.53. The highest BCUT2D eigenvalue weighted by Gasteiger charge is 2.27. The van der Waals surface area contributed by atoms with Crippen LogP contribution in [0.4, 0.5) is 0 Å². The molecule has 0 aliphatic carbocycles. The molecule has 3 heterocycles. The van der Waals surface area contributed by atoms with Gasteiger partial charge in [-0.15, -0.1) is 0 Å². The molecule has 8 nitrogen and oxygen atoms in total. The molecule has 0 atom stereocenters. The maximum Gasteiger partial charge on any atom is 0.243 e. The van der Waals surface area contributed by atoms with E-state index in [9.17, 15) is 13.2 Å². The lowest BCUT2D eigenvalue weighted by atomic mass is 10.1. The number of aromatic nitrogens is 3. The molecular weight excluding hydrogens is 440 g/mol. The van der Waals surface area contributed by atoms with Gasteiger partial charge >= 0.3 is 0 Å². The van der Waals surface area contributed by atoms with Gasteiger partial charge in [-0.25, -0.2) is 13.4 Å². The Hall–Kier alpha value is -3.40. The van der Waals surface area contributed by atoms with Gasteiger partial charge in [0.25, 0.3) is 0 Å². The molecule has 1 aliphatic rings. The standard InChI is InChI=1S/C24H22N4O4S/c29-23(18-5-3-7-20(15-18)33(30,31)27-11-13-32-14-12-27)17-28-22-9-2-1-8-21(22)26-24(28)19-6-4-10-25-16-19/h1-10,15-16H,11-14,17H2. The van der Waals surface area contributed by atoms with Crippen molar-refractivity contribution in [2.75, 3.05) is 26.3 Å². The van der Waals surface area contributed by atoms with E-state index in [0.717, 1.165) is 16.6 Å². The van der Waals surface area contributed by atoms with Gasteiger partial charge in [0.2, 0.25) is 10.0 Å². The minimum Gasteiger partial charge on any atom is -0.379 e. The molecule has 0 amide bonds. The number of nitrogens with zero attached hydrogens (tertiary/aromatic N) is 4. The molecule has 0 spiro atoms. The summed E-state index contributed by atoms with van der Waals surface area (Å²) < 4.78 is 34.6. The zero-order valence-electron chi connectivity index (χ0n) is 17.8. The van der Waals surface area contributed by atoms with E-state index in [1.54, 1.807) is 24.5 Å². The average molecular weight is 463 g/mol. The van der Waals surface area contributed by atoms with E-state index >= 15 is 0 Å². The molecule has 9 heteroatoms. The number of hydrogen-bond donors (Lipinski definition) is 0. The molecule has 5 rings (SSSR count).